The average molecular weight is 252 g/mol. The van der Waals surface area contributed by atoms with Crippen LogP contribution >= 0.6 is 0 Å². The molecule has 3 fully saturated rings. The van der Waals surface area contributed by atoms with Crippen molar-refractivity contribution in [1.82, 2.24) is 4.90 Å². The second-order valence-electron chi connectivity index (χ2n) is 5.15. The van der Waals surface area contributed by atoms with Gasteiger partial charge in [-0.05, 0) is 25.7 Å². The molecule has 0 aliphatic carbocycles. The number of amides is 2. The molecule has 0 saturated carbocycles. The number of fused-ring (bicyclic) bond motifs is 5. The number of nitrogens with zero attached hydrogens (tertiary/aromatic N) is 1. The lowest BCUT2D eigenvalue weighted by atomic mass is 9.81. The Morgan fingerprint density at radius 1 is 1.22 bits per heavy atom. The molecule has 6 heteroatoms. The second-order valence-corrected chi connectivity index (χ2v) is 5.15. The Morgan fingerprint density at radius 3 is 2.28 bits per heavy atom. The fourth-order valence-corrected chi connectivity index (χ4v) is 3.38. The van der Waals surface area contributed by atoms with Gasteiger partial charge in [-0.3, -0.25) is 14.5 Å². The maximum absolute atomic E-state index is 12.1. The van der Waals surface area contributed by atoms with E-state index in [4.69, 9.17) is 4.74 Å². The summed E-state index contributed by atoms with van der Waals surface area (Å²) in [6, 6.07) is 0. The van der Waals surface area contributed by atoms with Crippen LogP contribution in [0.3, 0.4) is 0 Å². The second kappa shape index (κ2) is 4.05. The molecule has 0 N–H and O–H groups in total. The molecule has 0 aromatic rings. The maximum Gasteiger partial charge on any atom is 0.235 e. The predicted molar refractivity (Wildman–Crippen MR) is 55.8 cm³/mol. The lowest BCUT2D eigenvalue weighted by molar-refractivity contribution is -0.305. The quantitative estimate of drug-likeness (QED) is 0.579. The van der Waals surface area contributed by atoms with Crippen molar-refractivity contribution < 1.29 is 24.2 Å². The maximum atomic E-state index is 12.1. The molecule has 6 nitrogen and oxygen atoms in total. The third-order valence-corrected chi connectivity index (χ3v) is 4.14. The minimum absolute atomic E-state index is 0.109. The van der Waals surface area contributed by atoms with Gasteiger partial charge in [-0.2, -0.15) is 0 Å². The molecule has 0 aromatic heterocycles. The fraction of sp³-hybridized carbons (Fsp3) is 0.750. The van der Waals surface area contributed by atoms with E-state index >= 15 is 0 Å². The zero-order valence-corrected chi connectivity index (χ0v) is 9.83. The summed E-state index contributed by atoms with van der Waals surface area (Å²) >= 11 is 0. The van der Waals surface area contributed by atoms with Gasteiger partial charge in [-0.15, -0.1) is 0 Å². The zero-order chi connectivity index (χ0) is 12.9. The molecule has 0 aromatic carbocycles. The SMILES string of the molecule is O=C([O-])CCCN1C(=O)[C@@H]2[C@H](C1=O)[C@H]1CC[C@@H]2O1. The number of ether oxygens (including phenoxy) is 1. The minimum Gasteiger partial charge on any atom is -0.550 e. The molecule has 4 atom stereocenters. The van der Waals surface area contributed by atoms with Gasteiger partial charge >= 0.3 is 0 Å². The number of carbonyl (C=O) groups excluding carboxylic acids is 3. The summed E-state index contributed by atoms with van der Waals surface area (Å²) in [7, 11) is 0. The highest BCUT2D eigenvalue weighted by atomic mass is 16.5. The van der Waals surface area contributed by atoms with Crippen LogP contribution in [0.1, 0.15) is 25.7 Å². The monoisotopic (exact) mass is 252 g/mol. The highest BCUT2D eigenvalue weighted by Crippen LogP contribution is 2.48. The lowest BCUT2D eigenvalue weighted by Crippen LogP contribution is -2.35. The van der Waals surface area contributed by atoms with Crippen molar-refractivity contribution in [2.75, 3.05) is 6.54 Å². The average Bonchev–Trinajstić information content (AvgIpc) is 2.97. The predicted octanol–water partition coefficient (Wildman–Crippen LogP) is -1.32. The molecule has 3 rings (SSSR count). The minimum atomic E-state index is -1.15. The molecular formula is C12H14NO5-. The summed E-state index contributed by atoms with van der Waals surface area (Å²) in [5.41, 5.74) is 0. The normalized spacial score (nSPS) is 37.4. The van der Waals surface area contributed by atoms with Crippen molar-refractivity contribution in [3.8, 4) is 0 Å². The number of likely N-dealkylation sites (tertiary alicyclic amines) is 1. The Labute approximate surface area is 104 Å². The van der Waals surface area contributed by atoms with Crippen LogP contribution in [0.15, 0.2) is 0 Å². The van der Waals surface area contributed by atoms with E-state index in [1.807, 2.05) is 0 Å². The zero-order valence-electron chi connectivity index (χ0n) is 9.83. The van der Waals surface area contributed by atoms with Gasteiger partial charge in [-0.25, -0.2) is 0 Å². The van der Waals surface area contributed by atoms with E-state index in [0.29, 0.717) is 0 Å². The summed E-state index contributed by atoms with van der Waals surface area (Å²) in [6.07, 6.45) is 1.60. The molecular weight excluding hydrogens is 238 g/mol. The van der Waals surface area contributed by atoms with Crippen molar-refractivity contribution >= 4 is 17.8 Å². The summed E-state index contributed by atoms with van der Waals surface area (Å²) in [4.78, 5) is 35.8. The van der Waals surface area contributed by atoms with Crippen molar-refractivity contribution in [3.63, 3.8) is 0 Å². The molecule has 3 aliphatic rings. The Balaban J connectivity index is 1.69. The number of aliphatic carboxylic acids is 1. The smallest absolute Gasteiger partial charge is 0.235 e. The summed E-state index contributed by atoms with van der Waals surface area (Å²) < 4.78 is 5.60. The van der Waals surface area contributed by atoms with E-state index in [-0.39, 0.29) is 55.2 Å². The van der Waals surface area contributed by atoms with Crippen LogP contribution in [0, 0.1) is 11.8 Å². The van der Waals surface area contributed by atoms with Gasteiger partial charge < -0.3 is 14.6 Å². The third kappa shape index (κ3) is 1.55. The van der Waals surface area contributed by atoms with E-state index in [2.05, 4.69) is 0 Å². The van der Waals surface area contributed by atoms with E-state index in [1.54, 1.807) is 0 Å². The first-order valence-corrected chi connectivity index (χ1v) is 6.30. The first kappa shape index (κ1) is 11.6. The van der Waals surface area contributed by atoms with Crippen LogP contribution in [0.25, 0.3) is 0 Å². The lowest BCUT2D eigenvalue weighted by Gasteiger charge is -2.17. The molecule has 98 valence electrons. The topological polar surface area (TPSA) is 86.7 Å². The van der Waals surface area contributed by atoms with Gasteiger partial charge in [0.1, 0.15) is 0 Å². The number of carboxylic acid groups (broad SMARTS) is 1. The van der Waals surface area contributed by atoms with Crippen LogP contribution in [0.2, 0.25) is 0 Å². The van der Waals surface area contributed by atoms with Crippen LogP contribution in [-0.4, -0.2) is 41.4 Å². The van der Waals surface area contributed by atoms with Crippen LogP contribution < -0.4 is 5.11 Å². The first-order chi connectivity index (χ1) is 8.59. The van der Waals surface area contributed by atoms with E-state index in [1.165, 1.54) is 4.90 Å². The van der Waals surface area contributed by atoms with Gasteiger partial charge in [0.05, 0.1) is 24.0 Å². The summed E-state index contributed by atoms with van der Waals surface area (Å²) in [5.74, 6) is -2.16. The molecule has 3 saturated heterocycles. The van der Waals surface area contributed by atoms with Crippen LogP contribution in [-0.2, 0) is 19.1 Å². The third-order valence-electron chi connectivity index (χ3n) is 4.14. The number of imide groups is 1. The molecule has 3 heterocycles. The summed E-state index contributed by atoms with van der Waals surface area (Å²) in [5, 5.41) is 10.3. The molecule has 2 bridgehead atoms. The number of hydrogen-bond acceptors (Lipinski definition) is 5. The Bertz CT molecular complexity index is 393. The molecule has 2 amide bonds. The highest BCUT2D eigenvalue weighted by Gasteiger charge is 2.62. The number of carbonyl (C=O) groups is 3. The highest BCUT2D eigenvalue weighted by molar-refractivity contribution is 6.06. The van der Waals surface area contributed by atoms with Crippen molar-refractivity contribution in [2.45, 2.75) is 37.9 Å². The Hall–Kier alpha value is -1.43. The van der Waals surface area contributed by atoms with Gasteiger partial charge in [0, 0.05) is 12.5 Å². The van der Waals surface area contributed by atoms with Gasteiger partial charge in [0.25, 0.3) is 0 Å². The number of carboxylic acids is 1. The standard InChI is InChI=1S/C12H15NO5/c14-8(15)2-1-5-13-11(16)9-6-3-4-7(18-6)10(9)12(13)17/h6-7,9-10H,1-5H2,(H,14,15)/p-1/t6-,7+,9-,10+. The van der Waals surface area contributed by atoms with E-state index in [9.17, 15) is 19.5 Å². The Morgan fingerprint density at radius 2 is 1.78 bits per heavy atom. The van der Waals surface area contributed by atoms with E-state index < -0.39 is 5.97 Å². The van der Waals surface area contributed by atoms with Gasteiger partial charge in [0.15, 0.2) is 0 Å². The number of hydrogen-bond donors (Lipinski definition) is 0. The first-order valence-electron chi connectivity index (χ1n) is 6.30. The van der Waals surface area contributed by atoms with E-state index in [0.717, 1.165) is 12.8 Å². The number of rotatable bonds is 4. The molecule has 18 heavy (non-hydrogen) atoms. The fourth-order valence-electron chi connectivity index (χ4n) is 3.38. The Kier molecular flexibility index (Phi) is 2.62. The van der Waals surface area contributed by atoms with Gasteiger partial charge in [-0.1, -0.05) is 0 Å². The largest absolute Gasteiger partial charge is 0.550 e. The molecule has 0 radical (unpaired) electrons. The van der Waals surface area contributed by atoms with Gasteiger partial charge in [0.2, 0.25) is 11.8 Å². The van der Waals surface area contributed by atoms with Crippen molar-refractivity contribution in [2.24, 2.45) is 11.8 Å². The van der Waals surface area contributed by atoms with Crippen LogP contribution in [0.4, 0.5) is 0 Å². The molecule has 3 aliphatic heterocycles. The summed E-state index contributed by atoms with van der Waals surface area (Å²) in [6.45, 7) is 0.179. The van der Waals surface area contributed by atoms with Crippen LogP contribution in [0.5, 0.6) is 0 Å². The molecule has 0 unspecified atom stereocenters. The molecule has 0 spiro atoms. The van der Waals surface area contributed by atoms with Crippen molar-refractivity contribution in [3.05, 3.63) is 0 Å². The van der Waals surface area contributed by atoms with Crippen molar-refractivity contribution in [1.29, 1.82) is 0 Å².